The summed E-state index contributed by atoms with van der Waals surface area (Å²) < 4.78 is 13.2. The Hall–Kier alpha value is -1.62. The molecule has 1 unspecified atom stereocenters. The number of nitrogens with one attached hydrogen (secondary N) is 1. The van der Waals surface area contributed by atoms with Gasteiger partial charge in [-0.15, -0.1) is 0 Å². The number of aromatic hydroxyl groups is 1. The number of phenols is 1. The molecule has 0 aromatic heterocycles. The quantitative estimate of drug-likeness (QED) is 0.888. The van der Waals surface area contributed by atoms with Crippen molar-refractivity contribution in [2.75, 3.05) is 19.6 Å². The third-order valence-corrected chi connectivity index (χ3v) is 3.58. The van der Waals surface area contributed by atoms with Crippen LogP contribution in [0.5, 0.6) is 5.75 Å². The average Bonchev–Trinajstić information content (AvgIpc) is 2.47. The van der Waals surface area contributed by atoms with Crippen LogP contribution in [-0.4, -0.2) is 41.6 Å². The lowest BCUT2D eigenvalue weighted by molar-refractivity contribution is 0.0691. The molecule has 1 aromatic carbocycles. The molecule has 2 rings (SSSR count). The van der Waals surface area contributed by atoms with Gasteiger partial charge in [-0.2, -0.15) is 0 Å². The zero-order valence-corrected chi connectivity index (χ0v) is 11.7. The van der Waals surface area contributed by atoms with E-state index in [4.69, 9.17) is 0 Å². The lowest BCUT2D eigenvalue weighted by atomic mass is 10.0. The lowest BCUT2D eigenvalue weighted by Gasteiger charge is -2.33. The Kier molecular flexibility index (Phi) is 4.95. The Morgan fingerprint density at radius 1 is 1.55 bits per heavy atom. The monoisotopic (exact) mass is 280 g/mol. The standard InChI is InChI=1S/C15H21FN2O2/c1-2-7-17-12-4-3-8-18(10-12)15(20)13-9-11(16)5-6-14(13)19/h5-6,9,12,17,19H,2-4,7-8,10H2,1H3. The number of nitrogens with zero attached hydrogens (tertiary/aromatic N) is 1. The van der Waals surface area contributed by atoms with E-state index in [2.05, 4.69) is 12.2 Å². The van der Waals surface area contributed by atoms with Gasteiger partial charge in [-0.25, -0.2) is 4.39 Å². The first-order valence-electron chi connectivity index (χ1n) is 7.13. The van der Waals surface area contributed by atoms with Crippen molar-refractivity contribution >= 4 is 5.91 Å². The van der Waals surface area contributed by atoms with Crippen LogP contribution in [0.3, 0.4) is 0 Å². The fraction of sp³-hybridized carbons (Fsp3) is 0.533. The number of hydrogen-bond acceptors (Lipinski definition) is 3. The molecule has 4 nitrogen and oxygen atoms in total. The third-order valence-electron chi connectivity index (χ3n) is 3.58. The Morgan fingerprint density at radius 3 is 3.10 bits per heavy atom. The van der Waals surface area contributed by atoms with Crippen molar-refractivity contribution in [1.29, 1.82) is 0 Å². The van der Waals surface area contributed by atoms with E-state index < -0.39 is 5.82 Å². The third kappa shape index (κ3) is 3.48. The average molecular weight is 280 g/mol. The molecule has 110 valence electrons. The van der Waals surface area contributed by atoms with Crippen LogP contribution in [0.4, 0.5) is 4.39 Å². The van der Waals surface area contributed by atoms with Crippen LogP contribution in [0.15, 0.2) is 18.2 Å². The van der Waals surface area contributed by atoms with Crippen molar-refractivity contribution in [3.8, 4) is 5.75 Å². The van der Waals surface area contributed by atoms with Gasteiger partial charge in [-0.1, -0.05) is 6.92 Å². The minimum absolute atomic E-state index is 0.0427. The lowest BCUT2D eigenvalue weighted by Crippen LogP contribution is -2.48. The second-order valence-corrected chi connectivity index (χ2v) is 5.21. The Balaban J connectivity index is 2.06. The van der Waals surface area contributed by atoms with Crippen LogP contribution >= 0.6 is 0 Å². The van der Waals surface area contributed by atoms with Gasteiger partial charge in [0.2, 0.25) is 0 Å². The first-order valence-corrected chi connectivity index (χ1v) is 7.13. The molecule has 1 amide bonds. The van der Waals surface area contributed by atoms with Crippen LogP contribution in [0, 0.1) is 5.82 Å². The highest BCUT2D eigenvalue weighted by Crippen LogP contribution is 2.22. The van der Waals surface area contributed by atoms with E-state index >= 15 is 0 Å². The van der Waals surface area contributed by atoms with Crippen LogP contribution in [0.25, 0.3) is 0 Å². The van der Waals surface area contributed by atoms with Gasteiger partial charge in [0.05, 0.1) is 5.56 Å². The minimum Gasteiger partial charge on any atom is -0.507 e. The predicted molar refractivity (Wildman–Crippen MR) is 75.3 cm³/mol. The van der Waals surface area contributed by atoms with Gasteiger partial charge < -0.3 is 15.3 Å². The molecule has 1 aromatic rings. The topological polar surface area (TPSA) is 52.6 Å². The number of amides is 1. The van der Waals surface area contributed by atoms with E-state index in [9.17, 15) is 14.3 Å². The van der Waals surface area contributed by atoms with Crippen LogP contribution in [0.2, 0.25) is 0 Å². The fourth-order valence-corrected chi connectivity index (χ4v) is 2.53. The predicted octanol–water partition coefficient (Wildman–Crippen LogP) is 2.14. The molecular weight excluding hydrogens is 259 g/mol. The molecule has 0 bridgehead atoms. The van der Waals surface area contributed by atoms with Crippen molar-refractivity contribution in [2.45, 2.75) is 32.2 Å². The normalized spacial score (nSPS) is 19.1. The summed E-state index contributed by atoms with van der Waals surface area (Å²) in [4.78, 5) is 14.0. The summed E-state index contributed by atoms with van der Waals surface area (Å²) in [6, 6.07) is 3.75. The number of carbonyl (C=O) groups is 1. The van der Waals surface area contributed by atoms with Crippen molar-refractivity contribution in [1.82, 2.24) is 10.2 Å². The van der Waals surface area contributed by atoms with Crippen molar-refractivity contribution in [3.63, 3.8) is 0 Å². The summed E-state index contributed by atoms with van der Waals surface area (Å²) in [5, 5.41) is 13.1. The molecular formula is C15H21FN2O2. The van der Waals surface area contributed by atoms with Crippen molar-refractivity contribution in [3.05, 3.63) is 29.6 Å². The van der Waals surface area contributed by atoms with E-state index in [0.29, 0.717) is 13.1 Å². The van der Waals surface area contributed by atoms with Gasteiger partial charge in [0.15, 0.2) is 0 Å². The molecule has 0 saturated carbocycles. The van der Waals surface area contributed by atoms with Crippen LogP contribution in [0.1, 0.15) is 36.5 Å². The summed E-state index contributed by atoms with van der Waals surface area (Å²) in [5.74, 6) is -0.978. The molecule has 0 aliphatic carbocycles. The number of phenolic OH excluding ortho intramolecular Hbond substituents is 1. The van der Waals surface area contributed by atoms with E-state index in [1.807, 2.05) is 0 Å². The largest absolute Gasteiger partial charge is 0.507 e. The minimum atomic E-state index is -0.510. The maximum atomic E-state index is 13.2. The molecule has 1 aliphatic heterocycles. The zero-order valence-electron chi connectivity index (χ0n) is 11.7. The molecule has 20 heavy (non-hydrogen) atoms. The molecule has 2 N–H and O–H groups in total. The van der Waals surface area contributed by atoms with Gasteiger partial charge in [0, 0.05) is 19.1 Å². The molecule has 0 spiro atoms. The first kappa shape index (κ1) is 14.8. The zero-order chi connectivity index (χ0) is 14.5. The number of hydrogen-bond donors (Lipinski definition) is 2. The summed E-state index contributed by atoms with van der Waals surface area (Å²) in [6.07, 6.45) is 3.01. The summed E-state index contributed by atoms with van der Waals surface area (Å²) in [5.41, 5.74) is 0.0427. The second kappa shape index (κ2) is 6.70. The smallest absolute Gasteiger partial charge is 0.257 e. The van der Waals surface area contributed by atoms with Gasteiger partial charge in [0.1, 0.15) is 11.6 Å². The SMILES string of the molecule is CCCNC1CCCN(C(=O)c2cc(F)ccc2O)C1. The molecule has 1 fully saturated rings. The molecule has 1 atom stereocenters. The molecule has 1 aliphatic rings. The maximum absolute atomic E-state index is 13.2. The molecule has 0 radical (unpaired) electrons. The molecule has 1 saturated heterocycles. The number of piperidine rings is 1. The Labute approximate surface area is 118 Å². The van der Waals surface area contributed by atoms with E-state index in [0.717, 1.165) is 37.9 Å². The van der Waals surface area contributed by atoms with Gasteiger partial charge in [0.25, 0.3) is 5.91 Å². The first-order chi connectivity index (χ1) is 9.61. The number of benzene rings is 1. The number of likely N-dealkylation sites (tertiary alicyclic amines) is 1. The Morgan fingerprint density at radius 2 is 2.35 bits per heavy atom. The second-order valence-electron chi connectivity index (χ2n) is 5.21. The number of rotatable bonds is 4. The highest BCUT2D eigenvalue weighted by molar-refractivity contribution is 5.96. The van der Waals surface area contributed by atoms with E-state index in [1.165, 1.54) is 6.07 Å². The summed E-state index contributed by atoms with van der Waals surface area (Å²) in [7, 11) is 0. The highest BCUT2D eigenvalue weighted by Gasteiger charge is 2.25. The summed E-state index contributed by atoms with van der Waals surface area (Å²) >= 11 is 0. The van der Waals surface area contributed by atoms with Gasteiger partial charge in [-0.3, -0.25) is 4.79 Å². The molecule has 5 heteroatoms. The van der Waals surface area contributed by atoms with Gasteiger partial charge >= 0.3 is 0 Å². The number of halogens is 1. The summed E-state index contributed by atoms with van der Waals surface area (Å²) in [6.45, 7) is 4.29. The van der Waals surface area contributed by atoms with E-state index in [-0.39, 0.29) is 23.3 Å². The van der Waals surface area contributed by atoms with Crippen LogP contribution < -0.4 is 5.32 Å². The highest BCUT2D eigenvalue weighted by atomic mass is 19.1. The Bertz CT molecular complexity index is 479. The number of carbonyl (C=O) groups excluding carboxylic acids is 1. The van der Waals surface area contributed by atoms with E-state index in [1.54, 1.807) is 4.90 Å². The van der Waals surface area contributed by atoms with Gasteiger partial charge in [-0.05, 0) is 44.0 Å². The van der Waals surface area contributed by atoms with Crippen LogP contribution in [-0.2, 0) is 0 Å². The fourth-order valence-electron chi connectivity index (χ4n) is 2.53. The van der Waals surface area contributed by atoms with Crippen molar-refractivity contribution < 1.29 is 14.3 Å². The van der Waals surface area contributed by atoms with Crippen molar-refractivity contribution in [2.24, 2.45) is 0 Å². The maximum Gasteiger partial charge on any atom is 0.257 e. The molecule has 1 heterocycles.